The van der Waals surface area contributed by atoms with Crippen LogP contribution < -0.4 is 5.73 Å². The summed E-state index contributed by atoms with van der Waals surface area (Å²) in [6.45, 7) is 0. The minimum absolute atomic E-state index is 0.0479. The van der Waals surface area contributed by atoms with E-state index in [-0.39, 0.29) is 5.69 Å². The van der Waals surface area contributed by atoms with Crippen molar-refractivity contribution >= 4 is 17.0 Å². The van der Waals surface area contributed by atoms with Gasteiger partial charge in [0.1, 0.15) is 10.9 Å². The molecule has 0 aliphatic heterocycles. The summed E-state index contributed by atoms with van der Waals surface area (Å²) in [4.78, 5) is 1.03. The van der Waals surface area contributed by atoms with Crippen LogP contribution in [0, 0.1) is 11.3 Å². The quantitative estimate of drug-likeness (QED) is 0.798. The number of hydrogen-bond donors (Lipinski definition) is 1. The monoisotopic (exact) mass is 268 g/mol. The Kier molecular flexibility index (Phi) is 3.01. The number of hydrogen-bond acceptors (Lipinski definition) is 3. The van der Waals surface area contributed by atoms with Gasteiger partial charge in [-0.2, -0.15) is 18.4 Å². The number of thiophene rings is 1. The van der Waals surface area contributed by atoms with Gasteiger partial charge in [-0.25, -0.2) is 0 Å². The molecule has 0 saturated heterocycles. The molecule has 2 nitrogen and oxygen atoms in total. The van der Waals surface area contributed by atoms with Gasteiger partial charge in [0.2, 0.25) is 0 Å². The molecular formula is C12H7F3N2S. The van der Waals surface area contributed by atoms with E-state index in [0.29, 0.717) is 15.3 Å². The molecule has 0 spiro atoms. The number of halogens is 3. The molecule has 0 unspecified atom stereocenters. The maximum absolute atomic E-state index is 12.6. The van der Waals surface area contributed by atoms with Gasteiger partial charge in [-0.1, -0.05) is 0 Å². The average Bonchev–Trinajstić information content (AvgIpc) is 2.75. The summed E-state index contributed by atoms with van der Waals surface area (Å²) in [5.41, 5.74) is 5.10. The van der Waals surface area contributed by atoms with Gasteiger partial charge < -0.3 is 5.73 Å². The SMILES string of the molecule is N#Cc1ccc(-c2cc(N)cc(C(F)(F)F)c2)s1. The first kappa shape index (κ1) is 12.5. The number of nitriles is 1. The van der Waals surface area contributed by atoms with E-state index in [1.54, 1.807) is 12.1 Å². The van der Waals surface area contributed by atoms with E-state index in [1.807, 2.05) is 6.07 Å². The standard InChI is InChI=1S/C12H7F3N2S/c13-12(14,15)8-3-7(4-9(17)5-8)11-2-1-10(6-16)18-11/h1-5H,17H2. The minimum Gasteiger partial charge on any atom is -0.399 e. The molecule has 2 rings (SSSR count). The van der Waals surface area contributed by atoms with Crippen LogP contribution in [0.4, 0.5) is 18.9 Å². The van der Waals surface area contributed by atoms with Crippen molar-refractivity contribution in [2.45, 2.75) is 6.18 Å². The number of nitrogens with two attached hydrogens (primary N) is 1. The Morgan fingerprint density at radius 3 is 2.44 bits per heavy atom. The normalized spacial score (nSPS) is 11.2. The van der Waals surface area contributed by atoms with Crippen LogP contribution >= 0.6 is 11.3 Å². The molecule has 0 amide bonds. The zero-order chi connectivity index (χ0) is 13.3. The molecule has 18 heavy (non-hydrogen) atoms. The molecule has 0 bridgehead atoms. The summed E-state index contributed by atoms with van der Waals surface area (Å²) in [7, 11) is 0. The van der Waals surface area contributed by atoms with E-state index < -0.39 is 11.7 Å². The van der Waals surface area contributed by atoms with Gasteiger partial charge in [0.05, 0.1) is 5.56 Å². The Labute approximate surface area is 105 Å². The molecule has 1 aromatic heterocycles. The second-order valence-corrected chi connectivity index (χ2v) is 4.70. The molecule has 6 heteroatoms. The number of benzene rings is 1. The van der Waals surface area contributed by atoms with E-state index in [1.165, 1.54) is 6.07 Å². The zero-order valence-corrected chi connectivity index (χ0v) is 9.77. The summed E-state index contributed by atoms with van der Waals surface area (Å²) >= 11 is 1.13. The second-order valence-electron chi connectivity index (χ2n) is 3.62. The van der Waals surface area contributed by atoms with Gasteiger partial charge in [-0.3, -0.25) is 0 Å². The van der Waals surface area contributed by atoms with Crippen LogP contribution in [0.3, 0.4) is 0 Å². The molecule has 0 aliphatic carbocycles. The van der Waals surface area contributed by atoms with Gasteiger partial charge in [-0.15, -0.1) is 11.3 Å². The number of nitrogen functional groups attached to an aromatic ring is 1. The number of nitrogens with zero attached hydrogens (tertiary/aromatic N) is 1. The van der Waals surface area contributed by atoms with Crippen LogP contribution in [0.2, 0.25) is 0 Å². The molecule has 0 atom stereocenters. The van der Waals surface area contributed by atoms with Crippen molar-refractivity contribution in [1.29, 1.82) is 5.26 Å². The number of anilines is 1. The Balaban J connectivity index is 2.52. The van der Waals surface area contributed by atoms with E-state index >= 15 is 0 Å². The van der Waals surface area contributed by atoms with Gasteiger partial charge in [0.15, 0.2) is 0 Å². The Bertz CT molecular complexity index is 623. The van der Waals surface area contributed by atoms with E-state index in [9.17, 15) is 13.2 Å². The third-order valence-corrected chi connectivity index (χ3v) is 3.32. The highest BCUT2D eigenvalue weighted by atomic mass is 32.1. The lowest BCUT2D eigenvalue weighted by molar-refractivity contribution is -0.137. The third-order valence-electron chi connectivity index (χ3n) is 2.28. The van der Waals surface area contributed by atoms with Crippen LogP contribution in [0.15, 0.2) is 30.3 Å². The molecule has 1 heterocycles. The molecule has 1 aromatic carbocycles. The van der Waals surface area contributed by atoms with Crippen molar-refractivity contribution in [3.05, 3.63) is 40.8 Å². The topological polar surface area (TPSA) is 49.8 Å². The summed E-state index contributed by atoms with van der Waals surface area (Å²) in [5.74, 6) is 0. The fourth-order valence-corrected chi connectivity index (χ4v) is 2.30. The molecule has 0 fully saturated rings. The average molecular weight is 268 g/mol. The molecule has 92 valence electrons. The summed E-state index contributed by atoms with van der Waals surface area (Å²) in [6.07, 6.45) is -4.43. The Morgan fingerprint density at radius 1 is 1.17 bits per heavy atom. The van der Waals surface area contributed by atoms with Crippen molar-refractivity contribution < 1.29 is 13.2 Å². The predicted octanol–water partition coefficient (Wildman–Crippen LogP) is 3.89. The highest BCUT2D eigenvalue weighted by Crippen LogP contribution is 2.36. The fourth-order valence-electron chi connectivity index (χ4n) is 1.51. The Hall–Kier alpha value is -2.00. The minimum atomic E-state index is -4.43. The lowest BCUT2D eigenvalue weighted by Gasteiger charge is -2.09. The van der Waals surface area contributed by atoms with Crippen LogP contribution in [-0.2, 0) is 6.18 Å². The summed E-state index contributed by atoms with van der Waals surface area (Å²) in [5, 5.41) is 8.69. The first-order valence-electron chi connectivity index (χ1n) is 4.88. The highest BCUT2D eigenvalue weighted by molar-refractivity contribution is 7.16. The van der Waals surface area contributed by atoms with Crippen molar-refractivity contribution in [2.24, 2.45) is 0 Å². The molecule has 2 N–H and O–H groups in total. The van der Waals surface area contributed by atoms with Gasteiger partial charge in [0.25, 0.3) is 0 Å². The summed E-state index contributed by atoms with van der Waals surface area (Å²) < 4.78 is 37.9. The van der Waals surface area contributed by atoms with Crippen molar-refractivity contribution in [3.63, 3.8) is 0 Å². The molecule has 0 radical (unpaired) electrons. The first-order chi connectivity index (χ1) is 8.40. The van der Waals surface area contributed by atoms with Gasteiger partial charge in [-0.05, 0) is 35.9 Å². The first-order valence-corrected chi connectivity index (χ1v) is 5.70. The smallest absolute Gasteiger partial charge is 0.399 e. The van der Waals surface area contributed by atoms with Crippen molar-refractivity contribution in [2.75, 3.05) is 5.73 Å². The van der Waals surface area contributed by atoms with E-state index in [2.05, 4.69) is 0 Å². The highest BCUT2D eigenvalue weighted by Gasteiger charge is 2.31. The maximum atomic E-state index is 12.6. The second kappa shape index (κ2) is 4.35. The van der Waals surface area contributed by atoms with Crippen LogP contribution in [0.5, 0.6) is 0 Å². The largest absolute Gasteiger partial charge is 0.416 e. The molecular weight excluding hydrogens is 261 g/mol. The van der Waals surface area contributed by atoms with E-state index in [0.717, 1.165) is 23.5 Å². The zero-order valence-electron chi connectivity index (χ0n) is 8.95. The van der Waals surface area contributed by atoms with E-state index in [4.69, 9.17) is 11.0 Å². The van der Waals surface area contributed by atoms with Crippen LogP contribution in [-0.4, -0.2) is 0 Å². The molecule has 0 aliphatic rings. The predicted molar refractivity (Wildman–Crippen MR) is 63.9 cm³/mol. The third kappa shape index (κ3) is 2.46. The number of rotatable bonds is 1. The van der Waals surface area contributed by atoms with Crippen LogP contribution in [0.25, 0.3) is 10.4 Å². The Morgan fingerprint density at radius 2 is 1.89 bits per heavy atom. The van der Waals surface area contributed by atoms with Crippen molar-refractivity contribution in [1.82, 2.24) is 0 Å². The van der Waals surface area contributed by atoms with Crippen LogP contribution in [0.1, 0.15) is 10.4 Å². The van der Waals surface area contributed by atoms with Gasteiger partial charge in [0, 0.05) is 10.6 Å². The van der Waals surface area contributed by atoms with Crippen molar-refractivity contribution in [3.8, 4) is 16.5 Å². The number of alkyl halides is 3. The molecule has 0 saturated carbocycles. The fraction of sp³-hybridized carbons (Fsp3) is 0.0833. The lowest BCUT2D eigenvalue weighted by atomic mass is 10.1. The lowest BCUT2D eigenvalue weighted by Crippen LogP contribution is -2.05. The summed E-state index contributed by atoms with van der Waals surface area (Å²) in [6, 6.07) is 8.50. The maximum Gasteiger partial charge on any atom is 0.416 e. The molecule has 2 aromatic rings. The van der Waals surface area contributed by atoms with Gasteiger partial charge >= 0.3 is 6.18 Å².